The molecule has 1 heterocycles. The minimum atomic E-state index is -3.72. The third-order valence-corrected chi connectivity index (χ3v) is 6.46. The Kier molecular flexibility index (Phi) is 9.57. The molecule has 0 saturated carbocycles. The van der Waals surface area contributed by atoms with E-state index in [1.807, 2.05) is 6.26 Å². The lowest BCUT2D eigenvalue weighted by atomic mass is 10.2. The van der Waals surface area contributed by atoms with E-state index in [4.69, 9.17) is 4.74 Å². The fraction of sp³-hybridized carbons (Fsp3) is 0.611. The van der Waals surface area contributed by atoms with Gasteiger partial charge in [0.25, 0.3) is 0 Å². The Hall–Kier alpha value is -1.13. The maximum absolute atomic E-state index is 12.5. The standard InChI is InChI=1S/C18H29N3O4S2/c1-26-15-8-17(20-27(23,24)16-6-3-2-4-7-16)18(22)19-9-5-10-21-11-13-25-14-12-21/h2-4,6-7,17,20H,5,8-15H2,1H3,(H,19,22). The first-order valence-corrected chi connectivity index (χ1v) is 12.0. The van der Waals surface area contributed by atoms with Crippen molar-refractivity contribution in [2.45, 2.75) is 23.8 Å². The van der Waals surface area contributed by atoms with E-state index < -0.39 is 16.1 Å². The van der Waals surface area contributed by atoms with E-state index in [2.05, 4.69) is 14.9 Å². The summed E-state index contributed by atoms with van der Waals surface area (Å²) in [6, 6.07) is 7.35. The number of nitrogens with one attached hydrogen (secondary N) is 2. The van der Waals surface area contributed by atoms with Crippen LogP contribution < -0.4 is 10.0 Å². The van der Waals surface area contributed by atoms with Gasteiger partial charge in [0.15, 0.2) is 0 Å². The molecule has 0 spiro atoms. The molecule has 1 aromatic carbocycles. The molecule has 1 fully saturated rings. The number of carbonyl (C=O) groups excluding carboxylic acids is 1. The lowest BCUT2D eigenvalue weighted by Gasteiger charge is -2.26. The summed E-state index contributed by atoms with van der Waals surface area (Å²) in [4.78, 5) is 15.0. The number of carbonyl (C=O) groups is 1. The van der Waals surface area contributed by atoms with E-state index in [0.29, 0.717) is 18.7 Å². The number of ether oxygens (including phenoxy) is 1. The first-order chi connectivity index (χ1) is 13.0. The van der Waals surface area contributed by atoms with Crippen LogP contribution in [0, 0.1) is 0 Å². The van der Waals surface area contributed by atoms with Gasteiger partial charge in [-0.05, 0) is 43.5 Å². The number of rotatable bonds is 11. The van der Waals surface area contributed by atoms with Crippen molar-refractivity contribution in [1.82, 2.24) is 14.9 Å². The summed E-state index contributed by atoms with van der Waals surface area (Å²) < 4.78 is 32.9. The minimum absolute atomic E-state index is 0.166. The molecule has 7 nitrogen and oxygen atoms in total. The van der Waals surface area contributed by atoms with Crippen LogP contribution in [0.5, 0.6) is 0 Å². The fourth-order valence-electron chi connectivity index (χ4n) is 2.80. The Morgan fingerprint density at radius 3 is 2.63 bits per heavy atom. The molecule has 152 valence electrons. The zero-order chi connectivity index (χ0) is 19.5. The molecule has 27 heavy (non-hydrogen) atoms. The zero-order valence-electron chi connectivity index (χ0n) is 15.7. The van der Waals surface area contributed by atoms with Gasteiger partial charge in [0.2, 0.25) is 15.9 Å². The van der Waals surface area contributed by atoms with Gasteiger partial charge < -0.3 is 10.1 Å². The van der Waals surface area contributed by atoms with E-state index >= 15 is 0 Å². The second-order valence-electron chi connectivity index (χ2n) is 6.37. The number of hydrogen-bond acceptors (Lipinski definition) is 6. The molecule has 9 heteroatoms. The summed E-state index contributed by atoms with van der Waals surface area (Å²) >= 11 is 1.58. The van der Waals surface area contributed by atoms with Crippen LogP contribution in [-0.4, -0.2) is 76.7 Å². The highest BCUT2D eigenvalue weighted by Gasteiger charge is 2.25. The van der Waals surface area contributed by atoms with E-state index in [1.54, 1.807) is 30.0 Å². The van der Waals surface area contributed by atoms with Crippen molar-refractivity contribution in [3.63, 3.8) is 0 Å². The first-order valence-electron chi connectivity index (χ1n) is 9.17. The van der Waals surface area contributed by atoms with E-state index in [-0.39, 0.29) is 10.8 Å². The number of hydrogen-bond donors (Lipinski definition) is 2. The molecular weight excluding hydrogens is 386 g/mol. The summed E-state index contributed by atoms with van der Waals surface area (Å²) in [5.74, 6) is 0.425. The van der Waals surface area contributed by atoms with Crippen molar-refractivity contribution >= 4 is 27.7 Å². The predicted molar refractivity (Wildman–Crippen MR) is 108 cm³/mol. The van der Waals surface area contributed by atoms with Gasteiger partial charge in [-0.3, -0.25) is 9.69 Å². The number of sulfonamides is 1. The summed E-state index contributed by atoms with van der Waals surface area (Å²) in [6.45, 7) is 4.77. The highest BCUT2D eigenvalue weighted by molar-refractivity contribution is 7.98. The topological polar surface area (TPSA) is 87.7 Å². The number of thioether (sulfide) groups is 1. The summed E-state index contributed by atoms with van der Waals surface area (Å²) in [6.07, 6.45) is 3.21. The van der Waals surface area contributed by atoms with Crippen LogP contribution in [0.2, 0.25) is 0 Å². The second kappa shape index (κ2) is 11.7. The highest BCUT2D eigenvalue weighted by atomic mass is 32.2. The van der Waals surface area contributed by atoms with Crippen LogP contribution in [0.15, 0.2) is 35.2 Å². The van der Waals surface area contributed by atoms with E-state index in [1.165, 1.54) is 12.1 Å². The van der Waals surface area contributed by atoms with E-state index in [9.17, 15) is 13.2 Å². The summed E-state index contributed by atoms with van der Waals surface area (Å²) in [7, 11) is -3.72. The van der Waals surface area contributed by atoms with Crippen molar-refractivity contribution in [2.24, 2.45) is 0 Å². The molecule has 1 saturated heterocycles. The van der Waals surface area contributed by atoms with E-state index in [0.717, 1.165) is 39.3 Å². The Labute approximate surface area is 166 Å². The summed E-state index contributed by atoms with van der Waals surface area (Å²) in [5.41, 5.74) is 0. The van der Waals surface area contributed by atoms with Gasteiger partial charge in [-0.1, -0.05) is 18.2 Å². The molecule has 2 N–H and O–H groups in total. The zero-order valence-corrected chi connectivity index (χ0v) is 17.4. The van der Waals surface area contributed by atoms with Crippen LogP contribution in [0.3, 0.4) is 0 Å². The molecule has 2 rings (SSSR count). The van der Waals surface area contributed by atoms with Gasteiger partial charge in [-0.15, -0.1) is 0 Å². The predicted octanol–water partition coefficient (Wildman–Crippen LogP) is 0.925. The Morgan fingerprint density at radius 2 is 1.96 bits per heavy atom. The van der Waals surface area contributed by atoms with Gasteiger partial charge in [-0.25, -0.2) is 8.42 Å². The molecule has 1 aliphatic heterocycles. The Bertz CT molecular complexity index is 664. The number of nitrogens with zero attached hydrogens (tertiary/aromatic N) is 1. The SMILES string of the molecule is CSCCC(NS(=O)(=O)c1ccccc1)C(=O)NCCCN1CCOCC1. The maximum Gasteiger partial charge on any atom is 0.241 e. The first kappa shape index (κ1) is 22.2. The average molecular weight is 416 g/mol. The maximum atomic E-state index is 12.5. The molecule has 1 amide bonds. The molecule has 1 atom stereocenters. The largest absolute Gasteiger partial charge is 0.379 e. The Balaban J connectivity index is 1.85. The number of amides is 1. The van der Waals surface area contributed by atoms with Crippen LogP contribution in [0.25, 0.3) is 0 Å². The van der Waals surface area contributed by atoms with Crippen molar-refractivity contribution in [3.05, 3.63) is 30.3 Å². The fourth-order valence-corrected chi connectivity index (χ4v) is 4.52. The molecule has 0 aliphatic carbocycles. The normalized spacial score (nSPS) is 16.8. The molecule has 0 radical (unpaired) electrons. The van der Waals surface area contributed by atoms with Gasteiger partial charge in [-0.2, -0.15) is 16.5 Å². The third kappa shape index (κ3) is 7.79. The second-order valence-corrected chi connectivity index (χ2v) is 9.07. The highest BCUT2D eigenvalue weighted by Crippen LogP contribution is 2.10. The van der Waals surface area contributed by atoms with Crippen molar-refractivity contribution in [3.8, 4) is 0 Å². The third-order valence-electron chi connectivity index (χ3n) is 4.33. The van der Waals surface area contributed by atoms with Crippen LogP contribution in [-0.2, 0) is 19.6 Å². The van der Waals surface area contributed by atoms with Crippen molar-refractivity contribution in [1.29, 1.82) is 0 Å². The van der Waals surface area contributed by atoms with Crippen LogP contribution in [0.1, 0.15) is 12.8 Å². The molecule has 1 aliphatic rings. The van der Waals surface area contributed by atoms with Gasteiger partial charge in [0.1, 0.15) is 6.04 Å². The molecule has 0 bridgehead atoms. The Morgan fingerprint density at radius 1 is 1.26 bits per heavy atom. The van der Waals surface area contributed by atoms with Crippen LogP contribution in [0.4, 0.5) is 0 Å². The van der Waals surface area contributed by atoms with Crippen molar-refractivity contribution < 1.29 is 17.9 Å². The quantitative estimate of drug-likeness (QED) is 0.523. The molecule has 1 unspecified atom stereocenters. The molecular formula is C18H29N3O4S2. The van der Waals surface area contributed by atoms with Crippen LogP contribution >= 0.6 is 11.8 Å². The van der Waals surface area contributed by atoms with Gasteiger partial charge in [0.05, 0.1) is 18.1 Å². The summed E-state index contributed by atoms with van der Waals surface area (Å²) in [5, 5.41) is 2.87. The van der Waals surface area contributed by atoms with Crippen molar-refractivity contribution in [2.75, 3.05) is 51.4 Å². The lowest BCUT2D eigenvalue weighted by molar-refractivity contribution is -0.122. The smallest absolute Gasteiger partial charge is 0.241 e. The monoisotopic (exact) mass is 415 g/mol. The number of morpholine rings is 1. The van der Waals surface area contributed by atoms with Gasteiger partial charge in [0, 0.05) is 19.6 Å². The molecule has 1 aromatic rings. The lowest BCUT2D eigenvalue weighted by Crippen LogP contribution is -2.47. The minimum Gasteiger partial charge on any atom is -0.379 e. The average Bonchev–Trinajstić information content (AvgIpc) is 2.69. The van der Waals surface area contributed by atoms with Gasteiger partial charge >= 0.3 is 0 Å². The molecule has 0 aromatic heterocycles. The number of benzene rings is 1.